The van der Waals surface area contributed by atoms with Gasteiger partial charge in [-0.1, -0.05) is 31.4 Å². The van der Waals surface area contributed by atoms with Gasteiger partial charge in [-0.3, -0.25) is 14.6 Å². The van der Waals surface area contributed by atoms with Crippen LogP contribution in [0.2, 0.25) is 0 Å². The Balaban J connectivity index is 1.59. The highest BCUT2D eigenvalue weighted by Gasteiger charge is 2.29. The summed E-state index contributed by atoms with van der Waals surface area (Å²) in [5.41, 5.74) is 1.31. The molecule has 1 fully saturated rings. The van der Waals surface area contributed by atoms with Gasteiger partial charge in [0.15, 0.2) is 0 Å². The highest BCUT2D eigenvalue weighted by molar-refractivity contribution is 7.90. The van der Waals surface area contributed by atoms with Crippen molar-refractivity contribution >= 4 is 28.3 Å². The number of urea groups is 1. The van der Waals surface area contributed by atoms with E-state index in [1.807, 2.05) is 11.9 Å². The summed E-state index contributed by atoms with van der Waals surface area (Å²) >= 11 is 0. The van der Waals surface area contributed by atoms with Crippen LogP contribution in [0, 0.1) is 0 Å². The first-order chi connectivity index (χ1) is 12.3. The van der Waals surface area contributed by atoms with Crippen molar-refractivity contribution in [3.05, 3.63) is 29.8 Å². The first kappa shape index (κ1) is 18.7. The monoisotopic (exact) mass is 379 g/mol. The van der Waals surface area contributed by atoms with E-state index in [0.717, 1.165) is 18.4 Å². The molecule has 1 aliphatic carbocycles. The normalized spacial score (nSPS) is 21.0. The van der Waals surface area contributed by atoms with Crippen molar-refractivity contribution in [1.29, 1.82) is 0 Å². The van der Waals surface area contributed by atoms with E-state index >= 15 is 0 Å². The van der Waals surface area contributed by atoms with Gasteiger partial charge in [0.2, 0.25) is 0 Å². The van der Waals surface area contributed by atoms with Crippen molar-refractivity contribution < 1.29 is 13.2 Å². The predicted molar refractivity (Wildman–Crippen MR) is 101 cm³/mol. The summed E-state index contributed by atoms with van der Waals surface area (Å²) in [5, 5.41) is 4.96. The van der Waals surface area contributed by atoms with Crippen molar-refractivity contribution in [2.24, 2.45) is 10.1 Å². The van der Waals surface area contributed by atoms with Crippen LogP contribution in [0.1, 0.15) is 43.7 Å². The SMILES string of the molecule is CN(C(=O)N1C=NC(c2ccc(NS(N)(=O)=O)cc2)C1)C1CCCCC1. The van der Waals surface area contributed by atoms with Gasteiger partial charge in [0.05, 0.1) is 18.9 Å². The van der Waals surface area contributed by atoms with E-state index in [-0.39, 0.29) is 12.1 Å². The number of aliphatic imine (C=N–C) groups is 1. The van der Waals surface area contributed by atoms with Gasteiger partial charge in [0.25, 0.3) is 10.2 Å². The summed E-state index contributed by atoms with van der Waals surface area (Å²) in [6.45, 7) is 0.484. The molecule has 1 atom stereocenters. The Bertz CT molecular complexity index is 772. The van der Waals surface area contributed by atoms with Crippen LogP contribution in [0.4, 0.5) is 10.5 Å². The second-order valence-corrected chi connectivity index (χ2v) is 8.18. The summed E-state index contributed by atoms with van der Waals surface area (Å²) < 4.78 is 24.3. The van der Waals surface area contributed by atoms with E-state index in [9.17, 15) is 13.2 Å². The third kappa shape index (κ3) is 4.53. The predicted octanol–water partition coefficient (Wildman–Crippen LogP) is 2.07. The number of carbonyl (C=O) groups excluding carboxylic acids is 1. The molecule has 1 heterocycles. The van der Waals surface area contributed by atoms with Crippen LogP contribution in [-0.2, 0) is 10.2 Å². The van der Waals surface area contributed by atoms with Gasteiger partial charge in [-0.25, -0.2) is 9.93 Å². The molecule has 0 saturated heterocycles. The number of anilines is 1. The highest BCUT2D eigenvalue weighted by Crippen LogP contribution is 2.26. The molecule has 142 valence electrons. The van der Waals surface area contributed by atoms with Crippen molar-refractivity contribution in [2.75, 3.05) is 18.3 Å². The third-order valence-electron chi connectivity index (χ3n) is 4.98. The summed E-state index contributed by atoms with van der Waals surface area (Å²) in [5.74, 6) is 0. The maximum absolute atomic E-state index is 12.7. The van der Waals surface area contributed by atoms with Crippen LogP contribution >= 0.6 is 0 Å². The molecule has 0 bridgehead atoms. The van der Waals surface area contributed by atoms with E-state index in [4.69, 9.17) is 5.14 Å². The Morgan fingerprint density at radius 2 is 1.88 bits per heavy atom. The quantitative estimate of drug-likeness (QED) is 0.836. The molecule has 3 rings (SSSR count). The molecule has 8 nitrogen and oxygen atoms in total. The molecule has 0 spiro atoms. The van der Waals surface area contributed by atoms with Crippen molar-refractivity contribution in [2.45, 2.75) is 44.2 Å². The maximum Gasteiger partial charge on any atom is 0.325 e. The average molecular weight is 379 g/mol. The first-order valence-corrected chi connectivity index (χ1v) is 10.4. The molecular weight excluding hydrogens is 354 g/mol. The molecule has 1 aromatic carbocycles. The summed E-state index contributed by atoms with van der Waals surface area (Å²) in [7, 11) is -1.92. The molecule has 3 N–H and O–H groups in total. The van der Waals surface area contributed by atoms with Crippen molar-refractivity contribution in [3.8, 4) is 0 Å². The Morgan fingerprint density at radius 3 is 2.50 bits per heavy atom. The minimum atomic E-state index is -3.79. The Labute approximate surface area is 154 Å². The van der Waals surface area contributed by atoms with Crippen LogP contribution in [0.15, 0.2) is 29.3 Å². The van der Waals surface area contributed by atoms with Crippen molar-refractivity contribution in [3.63, 3.8) is 0 Å². The first-order valence-electron chi connectivity index (χ1n) is 8.81. The van der Waals surface area contributed by atoms with Gasteiger partial charge in [-0.2, -0.15) is 8.42 Å². The lowest BCUT2D eigenvalue weighted by molar-refractivity contribution is 0.155. The van der Waals surface area contributed by atoms with Crippen LogP contribution < -0.4 is 9.86 Å². The van der Waals surface area contributed by atoms with Gasteiger partial charge >= 0.3 is 6.03 Å². The van der Waals surface area contributed by atoms with Gasteiger partial charge in [0.1, 0.15) is 0 Å². The number of hydrogen-bond acceptors (Lipinski definition) is 4. The molecule has 0 radical (unpaired) electrons. The number of nitrogens with two attached hydrogens (primary N) is 1. The zero-order chi connectivity index (χ0) is 18.7. The molecule has 26 heavy (non-hydrogen) atoms. The molecule has 1 saturated carbocycles. The van der Waals surface area contributed by atoms with Crippen LogP contribution in [0.3, 0.4) is 0 Å². The molecule has 2 amide bonds. The molecular formula is C17H25N5O3S. The largest absolute Gasteiger partial charge is 0.325 e. The van der Waals surface area contributed by atoms with Crippen molar-refractivity contribution in [1.82, 2.24) is 9.80 Å². The topological polar surface area (TPSA) is 108 Å². The molecule has 0 aromatic heterocycles. The fraction of sp³-hybridized carbons (Fsp3) is 0.529. The molecule has 1 aromatic rings. The summed E-state index contributed by atoms with van der Waals surface area (Å²) in [6.07, 6.45) is 7.34. The molecule has 1 aliphatic heterocycles. The molecule has 1 unspecified atom stereocenters. The van der Waals surface area contributed by atoms with Gasteiger partial charge in [-0.15, -0.1) is 0 Å². The third-order valence-corrected chi connectivity index (χ3v) is 5.50. The Kier molecular flexibility index (Phi) is 5.47. The number of carbonyl (C=O) groups is 1. The molecule has 9 heteroatoms. The van der Waals surface area contributed by atoms with Gasteiger partial charge in [0, 0.05) is 18.8 Å². The number of benzene rings is 1. The zero-order valence-corrected chi connectivity index (χ0v) is 15.7. The number of nitrogens with one attached hydrogen (secondary N) is 1. The van der Waals surface area contributed by atoms with E-state index in [2.05, 4.69) is 9.71 Å². The van der Waals surface area contributed by atoms with Crippen LogP contribution in [-0.4, -0.2) is 50.2 Å². The number of rotatable bonds is 4. The Morgan fingerprint density at radius 1 is 1.23 bits per heavy atom. The average Bonchev–Trinajstić information content (AvgIpc) is 3.10. The van der Waals surface area contributed by atoms with E-state index in [1.54, 1.807) is 35.5 Å². The summed E-state index contributed by atoms with van der Waals surface area (Å²) in [6, 6.07) is 6.98. The van der Waals surface area contributed by atoms with Gasteiger partial charge < -0.3 is 4.90 Å². The van der Waals surface area contributed by atoms with E-state index in [0.29, 0.717) is 18.3 Å². The molecule has 2 aliphatic rings. The smallest absolute Gasteiger partial charge is 0.324 e. The standard InChI is InChI=1S/C17H25N5O3S/c1-21(15-5-3-2-4-6-15)17(23)22-11-16(19-12-22)13-7-9-14(10-8-13)20-26(18,24)25/h7-10,12,15-16,20H,2-6,11H2,1H3,(H2,18,24,25). The lowest BCUT2D eigenvalue weighted by atomic mass is 9.95. The van der Waals surface area contributed by atoms with E-state index < -0.39 is 10.2 Å². The lowest BCUT2D eigenvalue weighted by Crippen LogP contribution is -2.45. The van der Waals surface area contributed by atoms with E-state index in [1.165, 1.54) is 19.3 Å². The maximum atomic E-state index is 12.7. The second-order valence-electron chi connectivity index (χ2n) is 6.89. The fourth-order valence-corrected chi connectivity index (χ4v) is 3.99. The second kappa shape index (κ2) is 7.63. The number of nitrogens with zero attached hydrogens (tertiary/aromatic N) is 3. The minimum absolute atomic E-state index is 0.0179. The fourth-order valence-electron chi connectivity index (χ4n) is 3.53. The minimum Gasteiger partial charge on any atom is -0.324 e. The Hall–Kier alpha value is -2.13. The lowest BCUT2D eigenvalue weighted by Gasteiger charge is -2.33. The number of hydrogen-bond donors (Lipinski definition) is 2. The van der Waals surface area contributed by atoms with Gasteiger partial charge in [-0.05, 0) is 30.5 Å². The highest BCUT2D eigenvalue weighted by atomic mass is 32.2. The summed E-state index contributed by atoms with van der Waals surface area (Å²) in [4.78, 5) is 20.6. The van der Waals surface area contributed by atoms with Crippen LogP contribution in [0.5, 0.6) is 0 Å². The van der Waals surface area contributed by atoms with Crippen LogP contribution in [0.25, 0.3) is 0 Å². The number of amides is 2. The zero-order valence-electron chi connectivity index (χ0n) is 14.8.